The molecular weight excluding hydrogens is 362 g/mol. The Morgan fingerprint density at radius 1 is 1.11 bits per heavy atom. The lowest BCUT2D eigenvalue weighted by Gasteiger charge is -2.27. The highest BCUT2D eigenvalue weighted by molar-refractivity contribution is 5.97. The molecule has 0 aliphatic carbocycles. The summed E-state index contributed by atoms with van der Waals surface area (Å²) in [6.07, 6.45) is 1.69. The maximum Gasteiger partial charge on any atom is 0.231 e. The van der Waals surface area contributed by atoms with E-state index < -0.39 is 12.0 Å². The zero-order valence-electron chi connectivity index (χ0n) is 16.3. The highest BCUT2D eigenvalue weighted by Gasteiger charge is 2.44. The summed E-state index contributed by atoms with van der Waals surface area (Å²) in [7, 11) is 6.24. The van der Waals surface area contributed by atoms with E-state index >= 15 is 0 Å². The van der Waals surface area contributed by atoms with Crippen LogP contribution in [-0.4, -0.2) is 50.1 Å². The maximum absolute atomic E-state index is 12.9. The van der Waals surface area contributed by atoms with Crippen LogP contribution in [-0.2, 0) is 9.59 Å². The van der Waals surface area contributed by atoms with Crippen molar-refractivity contribution < 1.29 is 23.8 Å². The third-order valence-corrected chi connectivity index (χ3v) is 4.89. The van der Waals surface area contributed by atoms with E-state index in [1.807, 2.05) is 0 Å². The van der Waals surface area contributed by atoms with Crippen LogP contribution in [0.4, 0.5) is 5.82 Å². The van der Waals surface area contributed by atoms with Gasteiger partial charge >= 0.3 is 0 Å². The van der Waals surface area contributed by atoms with Crippen molar-refractivity contribution >= 4 is 17.6 Å². The normalized spacial score (nSPS) is 18.7. The first-order chi connectivity index (χ1) is 13.5. The summed E-state index contributed by atoms with van der Waals surface area (Å²) in [4.78, 5) is 31.1. The van der Waals surface area contributed by atoms with Gasteiger partial charge in [-0.1, -0.05) is 6.07 Å². The second-order valence-electron chi connectivity index (χ2n) is 6.39. The number of anilines is 1. The smallest absolute Gasteiger partial charge is 0.231 e. The summed E-state index contributed by atoms with van der Waals surface area (Å²) >= 11 is 0. The van der Waals surface area contributed by atoms with E-state index in [1.54, 1.807) is 48.5 Å². The number of pyridine rings is 1. The average molecular weight is 385 g/mol. The molecule has 8 heteroatoms. The van der Waals surface area contributed by atoms with Gasteiger partial charge in [0.15, 0.2) is 11.5 Å². The van der Waals surface area contributed by atoms with Crippen LogP contribution in [0.2, 0.25) is 0 Å². The van der Waals surface area contributed by atoms with Gasteiger partial charge in [-0.05, 0) is 24.3 Å². The molecule has 3 rings (SSSR count). The molecule has 2 atom stereocenters. The van der Waals surface area contributed by atoms with Gasteiger partial charge in [-0.15, -0.1) is 0 Å². The van der Waals surface area contributed by atoms with E-state index in [-0.39, 0.29) is 18.2 Å². The summed E-state index contributed by atoms with van der Waals surface area (Å²) in [5, 5.41) is 2.79. The number of nitrogens with one attached hydrogen (secondary N) is 1. The second-order valence-corrected chi connectivity index (χ2v) is 6.39. The van der Waals surface area contributed by atoms with Crippen LogP contribution in [0.25, 0.3) is 0 Å². The molecule has 0 unspecified atom stereocenters. The number of likely N-dealkylation sites (tertiary alicyclic amines) is 1. The molecule has 1 aliphatic heterocycles. The fraction of sp³-hybridized carbons (Fsp3) is 0.350. The number of rotatable bonds is 6. The molecule has 2 aromatic rings. The van der Waals surface area contributed by atoms with Crippen LogP contribution in [0.5, 0.6) is 17.2 Å². The van der Waals surface area contributed by atoms with Crippen molar-refractivity contribution in [1.82, 2.24) is 9.88 Å². The standard InChI is InChI=1S/C20H23N3O5/c1-23-16(24)11-13(20(25)22-15-7-5-6-10-21-15)17(23)12-8-9-14(26-2)19(28-4)18(12)27-3/h5-10,13,17H,11H2,1-4H3,(H,21,22,25)/t13-,17-/m1/s1. The number of aromatic nitrogens is 1. The van der Waals surface area contributed by atoms with E-state index in [9.17, 15) is 9.59 Å². The Hall–Kier alpha value is -3.29. The Bertz CT molecular complexity index is 872. The molecule has 2 heterocycles. The van der Waals surface area contributed by atoms with E-state index in [0.717, 1.165) is 0 Å². The van der Waals surface area contributed by atoms with Crippen molar-refractivity contribution in [2.75, 3.05) is 33.7 Å². The first kappa shape index (κ1) is 19.5. The molecule has 0 radical (unpaired) electrons. The molecule has 8 nitrogen and oxygen atoms in total. The summed E-state index contributed by atoms with van der Waals surface area (Å²) in [6.45, 7) is 0. The molecule has 1 aliphatic rings. The van der Waals surface area contributed by atoms with Gasteiger partial charge in [0.05, 0.1) is 33.3 Å². The third-order valence-electron chi connectivity index (χ3n) is 4.89. The maximum atomic E-state index is 12.9. The molecular formula is C20H23N3O5. The van der Waals surface area contributed by atoms with Crippen molar-refractivity contribution in [2.24, 2.45) is 5.92 Å². The second kappa shape index (κ2) is 8.16. The average Bonchev–Trinajstić information content (AvgIpc) is 3.02. The predicted octanol–water partition coefficient (Wildman–Crippen LogP) is 2.27. The number of amides is 2. The van der Waals surface area contributed by atoms with Crippen molar-refractivity contribution in [2.45, 2.75) is 12.5 Å². The molecule has 1 aromatic heterocycles. The fourth-order valence-electron chi connectivity index (χ4n) is 3.54. The quantitative estimate of drug-likeness (QED) is 0.820. The first-order valence-corrected chi connectivity index (χ1v) is 8.78. The number of methoxy groups -OCH3 is 3. The molecule has 2 amide bonds. The van der Waals surface area contributed by atoms with Gasteiger partial charge in [-0.3, -0.25) is 9.59 Å². The Labute approximate surface area is 163 Å². The van der Waals surface area contributed by atoms with E-state index in [0.29, 0.717) is 28.6 Å². The number of nitrogens with zero attached hydrogens (tertiary/aromatic N) is 2. The number of hydrogen-bond acceptors (Lipinski definition) is 6. The zero-order chi connectivity index (χ0) is 20.3. The minimum Gasteiger partial charge on any atom is -0.493 e. The van der Waals surface area contributed by atoms with Gasteiger partial charge in [-0.25, -0.2) is 4.98 Å². The minimum absolute atomic E-state index is 0.0946. The topological polar surface area (TPSA) is 90.0 Å². The molecule has 28 heavy (non-hydrogen) atoms. The number of hydrogen-bond donors (Lipinski definition) is 1. The van der Waals surface area contributed by atoms with Crippen molar-refractivity contribution in [3.63, 3.8) is 0 Å². The number of benzene rings is 1. The van der Waals surface area contributed by atoms with Gasteiger partial charge in [0.2, 0.25) is 17.6 Å². The third kappa shape index (κ3) is 3.45. The summed E-state index contributed by atoms with van der Waals surface area (Å²) in [5.74, 6) is 0.785. The molecule has 148 valence electrons. The highest BCUT2D eigenvalue weighted by Crippen LogP contribution is 2.47. The lowest BCUT2D eigenvalue weighted by molar-refractivity contribution is -0.128. The molecule has 1 fully saturated rings. The van der Waals surface area contributed by atoms with Gasteiger partial charge in [-0.2, -0.15) is 0 Å². The lowest BCUT2D eigenvalue weighted by Crippen LogP contribution is -2.30. The predicted molar refractivity (Wildman–Crippen MR) is 103 cm³/mol. The van der Waals surface area contributed by atoms with Gasteiger partial charge in [0.25, 0.3) is 0 Å². The zero-order valence-corrected chi connectivity index (χ0v) is 16.3. The van der Waals surface area contributed by atoms with Crippen molar-refractivity contribution in [3.05, 3.63) is 42.1 Å². The lowest BCUT2D eigenvalue weighted by atomic mass is 9.91. The molecule has 1 aromatic carbocycles. The van der Waals surface area contributed by atoms with Crippen molar-refractivity contribution in [1.29, 1.82) is 0 Å². The van der Waals surface area contributed by atoms with Crippen LogP contribution < -0.4 is 19.5 Å². The Kier molecular flexibility index (Phi) is 5.67. The molecule has 0 bridgehead atoms. The van der Waals surface area contributed by atoms with Crippen LogP contribution in [0.15, 0.2) is 36.5 Å². The Morgan fingerprint density at radius 3 is 2.46 bits per heavy atom. The summed E-state index contributed by atoms with van der Waals surface area (Å²) in [6, 6.07) is 8.27. The summed E-state index contributed by atoms with van der Waals surface area (Å²) in [5.41, 5.74) is 0.676. The highest BCUT2D eigenvalue weighted by atomic mass is 16.5. The van der Waals surface area contributed by atoms with Gasteiger partial charge in [0, 0.05) is 25.2 Å². The minimum atomic E-state index is -0.605. The SMILES string of the molecule is COc1ccc([C@@H]2[C@H](C(=O)Nc3ccccn3)CC(=O)N2C)c(OC)c1OC. The van der Waals surface area contributed by atoms with Crippen LogP contribution in [0.3, 0.4) is 0 Å². The monoisotopic (exact) mass is 385 g/mol. The van der Waals surface area contributed by atoms with Gasteiger partial charge < -0.3 is 24.4 Å². The van der Waals surface area contributed by atoms with E-state index in [2.05, 4.69) is 10.3 Å². The van der Waals surface area contributed by atoms with E-state index in [4.69, 9.17) is 14.2 Å². The van der Waals surface area contributed by atoms with Crippen LogP contribution in [0.1, 0.15) is 18.0 Å². The molecule has 1 saturated heterocycles. The molecule has 0 spiro atoms. The Morgan fingerprint density at radius 2 is 1.86 bits per heavy atom. The molecule has 0 saturated carbocycles. The van der Waals surface area contributed by atoms with Crippen LogP contribution >= 0.6 is 0 Å². The number of carbonyl (C=O) groups excluding carboxylic acids is 2. The largest absolute Gasteiger partial charge is 0.493 e. The molecule has 1 N–H and O–H groups in total. The van der Waals surface area contributed by atoms with E-state index in [1.165, 1.54) is 21.3 Å². The number of carbonyl (C=O) groups is 2. The summed E-state index contributed by atoms with van der Waals surface area (Å²) < 4.78 is 16.3. The van der Waals surface area contributed by atoms with Crippen molar-refractivity contribution in [3.8, 4) is 17.2 Å². The van der Waals surface area contributed by atoms with Gasteiger partial charge in [0.1, 0.15) is 5.82 Å². The Balaban J connectivity index is 2.00. The number of ether oxygens (including phenoxy) is 3. The fourth-order valence-corrected chi connectivity index (χ4v) is 3.54. The van der Waals surface area contributed by atoms with Crippen LogP contribution in [0, 0.1) is 5.92 Å². The first-order valence-electron chi connectivity index (χ1n) is 8.78.